The fourth-order valence-electron chi connectivity index (χ4n) is 1.89. The number of aromatic nitrogens is 1. The fraction of sp³-hybridized carbons (Fsp3) is 0.312. The number of hydrazine groups is 1. The summed E-state index contributed by atoms with van der Waals surface area (Å²) in [5.41, 5.74) is 6.51. The number of benzene rings is 1. The van der Waals surface area contributed by atoms with Gasteiger partial charge in [0.05, 0.1) is 5.69 Å². The quantitative estimate of drug-likeness (QED) is 0.833. The lowest BCUT2D eigenvalue weighted by Gasteiger charge is -2.05. The average molecular weight is 317 g/mol. The van der Waals surface area contributed by atoms with Crippen molar-refractivity contribution in [1.82, 2.24) is 15.8 Å². The summed E-state index contributed by atoms with van der Waals surface area (Å²) in [7, 11) is 0. The Hall–Kier alpha value is -2.21. The van der Waals surface area contributed by atoms with E-state index >= 15 is 0 Å². The van der Waals surface area contributed by atoms with E-state index in [1.54, 1.807) is 6.92 Å². The maximum absolute atomic E-state index is 12.1. The molecule has 5 nitrogen and oxygen atoms in total. The van der Waals surface area contributed by atoms with Gasteiger partial charge in [-0.1, -0.05) is 43.7 Å². The van der Waals surface area contributed by atoms with Crippen LogP contribution >= 0.6 is 11.3 Å². The molecular weight excluding hydrogens is 298 g/mol. The van der Waals surface area contributed by atoms with Gasteiger partial charge < -0.3 is 0 Å². The van der Waals surface area contributed by atoms with E-state index in [1.165, 1.54) is 11.3 Å². The molecule has 2 rings (SSSR count). The van der Waals surface area contributed by atoms with Gasteiger partial charge in [0.15, 0.2) is 0 Å². The first-order chi connectivity index (χ1) is 10.6. The van der Waals surface area contributed by atoms with Crippen LogP contribution in [0.4, 0.5) is 0 Å². The minimum absolute atomic E-state index is 0.180. The number of nitrogens with zero attached hydrogens (tertiary/aromatic N) is 1. The monoisotopic (exact) mass is 317 g/mol. The molecule has 0 spiro atoms. The molecule has 0 aliphatic rings. The smallest absolute Gasteiger partial charge is 0.273 e. The van der Waals surface area contributed by atoms with Crippen molar-refractivity contribution >= 4 is 23.2 Å². The molecule has 22 heavy (non-hydrogen) atoms. The first-order valence-electron chi connectivity index (χ1n) is 7.24. The number of thiazole rings is 1. The summed E-state index contributed by atoms with van der Waals surface area (Å²) >= 11 is 1.32. The van der Waals surface area contributed by atoms with Crippen molar-refractivity contribution in [2.75, 3.05) is 0 Å². The minimum Gasteiger partial charge on any atom is -0.273 e. The summed E-state index contributed by atoms with van der Waals surface area (Å²) in [6.07, 6.45) is 2.16. The molecule has 2 amide bonds. The van der Waals surface area contributed by atoms with Crippen LogP contribution in [0, 0.1) is 6.92 Å². The third kappa shape index (κ3) is 4.14. The Morgan fingerprint density at radius 3 is 2.59 bits per heavy atom. The fourth-order valence-corrected chi connectivity index (χ4v) is 2.86. The second kappa shape index (κ2) is 7.70. The molecule has 1 aromatic heterocycles. The second-order valence-corrected chi connectivity index (χ2v) is 5.90. The van der Waals surface area contributed by atoms with Crippen LogP contribution in [-0.2, 0) is 4.79 Å². The molecule has 0 saturated carbocycles. The van der Waals surface area contributed by atoms with E-state index in [0.29, 0.717) is 17.0 Å². The van der Waals surface area contributed by atoms with Gasteiger partial charge >= 0.3 is 0 Å². The number of hydrogen-bond acceptors (Lipinski definition) is 4. The summed E-state index contributed by atoms with van der Waals surface area (Å²) in [5.74, 6) is -0.511. The number of amides is 2. The molecule has 0 saturated heterocycles. The van der Waals surface area contributed by atoms with E-state index in [-0.39, 0.29) is 11.8 Å². The van der Waals surface area contributed by atoms with Crippen molar-refractivity contribution in [3.63, 3.8) is 0 Å². The number of carbonyl (C=O) groups excluding carboxylic acids is 2. The normalized spacial score (nSPS) is 10.3. The number of rotatable bonds is 5. The Morgan fingerprint density at radius 2 is 1.91 bits per heavy atom. The van der Waals surface area contributed by atoms with Gasteiger partial charge in [0.25, 0.3) is 5.91 Å². The lowest BCUT2D eigenvalue weighted by atomic mass is 10.2. The van der Waals surface area contributed by atoms with Crippen LogP contribution in [0.25, 0.3) is 10.6 Å². The van der Waals surface area contributed by atoms with Crippen LogP contribution in [0.3, 0.4) is 0 Å². The SMILES string of the molecule is CCCCC(=O)NNC(=O)c1sc(-c2ccccc2)nc1C. The van der Waals surface area contributed by atoms with Gasteiger partial charge in [0.1, 0.15) is 9.88 Å². The number of aryl methyl sites for hydroxylation is 1. The van der Waals surface area contributed by atoms with Crippen molar-refractivity contribution in [2.45, 2.75) is 33.1 Å². The molecule has 0 unspecified atom stereocenters. The Balaban J connectivity index is 2.02. The number of nitrogens with one attached hydrogen (secondary N) is 2. The number of carbonyl (C=O) groups is 2. The zero-order valence-electron chi connectivity index (χ0n) is 12.7. The second-order valence-electron chi connectivity index (χ2n) is 4.91. The third-order valence-electron chi connectivity index (χ3n) is 3.10. The molecule has 0 bridgehead atoms. The van der Waals surface area contributed by atoms with E-state index < -0.39 is 0 Å². The van der Waals surface area contributed by atoms with Crippen molar-refractivity contribution in [3.8, 4) is 10.6 Å². The lowest BCUT2D eigenvalue weighted by Crippen LogP contribution is -2.41. The highest BCUT2D eigenvalue weighted by Gasteiger charge is 2.16. The summed E-state index contributed by atoms with van der Waals surface area (Å²) < 4.78 is 0. The highest BCUT2D eigenvalue weighted by atomic mass is 32.1. The molecule has 1 aromatic carbocycles. The van der Waals surface area contributed by atoms with E-state index in [1.807, 2.05) is 37.3 Å². The van der Waals surface area contributed by atoms with Gasteiger partial charge in [-0.3, -0.25) is 20.4 Å². The molecule has 6 heteroatoms. The molecule has 0 atom stereocenters. The lowest BCUT2D eigenvalue weighted by molar-refractivity contribution is -0.121. The summed E-state index contributed by atoms with van der Waals surface area (Å²) in [5, 5.41) is 0.792. The van der Waals surface area contributed by atoms with Crippen molar-refractivity contribution < 1.29 is 9.59 Å². The van der Waals surface area contributed by atoms with Crippen LogP contribution in [-0.4, -0.2) is 16.8 Å². The zero-order valence-corrected chi connectivity index (χ0v) is 13.5. The number of unbranched alkanes of at least 4 members (excludes halogenated alkanes) is 1. The van der Waals surface area contributed by atoms with E-state index in [2.05, 4.69) is 15.8 Å². The van der Waals surface area contributed by atoms with Gasteiger partial charge in [-0.2, -0.15) is 0 Å². The van der Waals surface area contributed by atoms with Gasteiger partial charge in [-0.25, -0.2) is 4.98 Å². The molecule has 0 aliphatic heterocycles. The first kappa shape index (κ1) is 16.2. The Morgan fingerprint density at radius 1 is 1.18 bits per heavy atom. The number of hydrogen-bond donors (Lipinski definition) is 2. The van der Waals surface area contributed by atoms with Crippen LogP contribution in [0.2, 0.25) is 0 Å². The molecule has 2 N–H and O–H groups in total. The van der Waals surface area contributed by atoms with Gasteiger partial charge in [0, 0.05) is 12.0 Å². The van der Waals surface area contributed by atoms with E-state index in [9.17, 15) is 9.59 Å². The van der Waals surface area contributed by atoms with Crippen LogP contribution in [0.15, 0.2) is 30.3 Å². The molecule has 1 heterocycles. The van der Waals surface area contributed by atoms with Crippen LogP contribution in [0.1, 0.15) is 41.6 Å². The molecule has 0 fully saturated rings. The standard InChI is InChI=1S/C16H19N3O2S/c1-3-4-10-13(20)18-19-15(21)14-11(2)17-16(22-14)12-8-6-5-7-9-12/h5-9H,3-4,10H2,1-2H3,(H,18,20)(H,19,21). The van der Waals surface area contributed by atoms with Crippen molar-refractivity contribution in [3.05, 3.63) is 40.9 Å². The molecule has 2 aromatic rings. The van der Waals surface area contributed by atoms with Crippen molar-refractivity contribution in [1.29, 1.82) is 0 Å². The van der Waals surface area contributed by atoms with Gasteiger partial charge in [-0.15, -0.1) is 11.3 Å². The molecule has 0 aliphatic carbocycles. The Labute approximate surface area is 133 Å². The summed E-state index contributed by atoms with van der Waals surface area (Å²) in [6.45, 7) is 3.80. The molecular formula is C16H19N3O2S. The molecule has 0 radical (unpaired) electrons. The maximum Gasteiger partial charge on any atom is 0.281 e. The van der Waals surface area contributed by atoms with Crippen molar-refractivity contribution in [2.24, 2.45) is 0 Å². The summed E-state index contributed by atoms with van der Waals surface area (Å²) in [4.78, 5) is 28.6. The Kier molecular flexibility index (Phi) is 5.66. The topological polar surface area (TPSA) is 71.1 Å². The largest absolute Gasteiger partial charge is 0.281 e. The molecule has 116 valence electrons. The summed E-state index contributed by atoms with van der Waals surface area (Å²) in [6, 6.07) is 9.70. The van der Waals surface area contributed by atoms with E-state index in [4.69, 9.17) is 0 Å². The first-order valence-corrected chi connectivity index (χ1v) is 8.05. The van der Waals surface area contributed by atoms with E-state index in [0.717, 1.165) is 23.4 Å². The maximum atomic E-state index is 12.1. The predicted molar refractivity (Wildman–Crippen MR) is 87.4 cm³/mol. The third-order valence-corrected chi connectivity index (χ3v) is 4.30. The minimum atomic E-state index is -0.331. The van der Waals surface area contributed by atoms with Crippen LogP contribution < -0.4 is 10.9 Å². The highest BCUT2D eigenvalue weighted by Crippen LogP contribution is 2.27. The van der Waals surface area contributed by atoms with Gasteiger partial charge in [0.2, 0.25) is 5.91 Å². The zero-order chi connectivity index (χ0) is 15.9. The highest BCUT2D eigenvalue weighted by molar-refractivity contribution is 7.17. The van der Waals surface area contributed by atoms with Crippen LogP contribution in [0.5, 0.6) is 0 Å². The average Bonchev–Trinajstić information content (AvgIpc) is 2.93. The predicted octanol–water partition coefficient (Wildman–Crippen LogP) is 3.07. The Bertz CT molecular complexity index is 653. The van der Waals surface area contributed by atoms with Gasteiger partial charge in [-0.05, 0) is 13.3 Å².